The highest BCUT2D eigenvalue weighted by atomic mass is 32.3. The highest BCUT2D eigenvalue weighted by Gasteiger charge is 2.36. The van der Waals surface area contributed by atoms with Crippen molar-refractivity contribution in [3.8, 4) is 0 Å². The van der Waals surface area contributed by atoms with Crippen molar-refractivity contribution >= 4 is 20.5 Å². The first-order valence-corrected chi connectivity index (χ1v) is 9.13. The van der Waals surface area contributed by atoms with Crippen molar-refractivity contribution in [3.63, 3.8) is 0 Å². The standard InChI is InChI=1S/C10H20O6S2/c1-2-3-4-5-6-7-8-10-9-17(11,12)16-18(13,14)15-10/h10H,2-9H2,1H3. The number of unbranched alkanes of at least 4 members (excludes halogenated alkanes) is 5. The molecule has 1 saturated heterocycles. The summed E-state index contributed by atoms with van der Waals surface area (Å²) in [6, 6.07) is 0. The van der Waals surface area contributed by atoms with E-state index >= 15 is 0 Å². The molecule has 18 heavy (non-hydrogen) atoms. The van der Waals surface area contributed by atoms with Gasteiger partial charge in [-0.3, -0.25) is 0 Å². The minimum atomic E-state index is -4.38. The van der Waals surface area contributed by atoms with E-state index in [9.17, 15) is 16.8 Å². The van der Waals surface area contributed by atoms with E-state index in [1.54, 1.807) is 0 Å². The molecule has 1 unspecified atom stereocenters. The van der Waals surface area contributed by atoms with Gasteiger partial charge in [0.05, 0.1) is 6.10 Å². The topological polar surface area (TPSA) is 86.7 Å². The van der Waals surface area contributed by atoms with Crippen LogP contribution in [0.2, 0.25) is 0 Å². The van der Waals surface area contributed by atoms with Crippen LogP contribution in [0.5, 0.6) is 0 Å². The fourth-order valence-electron chi connectivity index (χ4n) is 1.88. The van der Waals surface area contributed by atoms with Gasteiger partial charge in [0.25, 0.3) is 10.1 Å². The van der Waals surface area contributed by atoms with Crippen molar-refractivity contribution in [3.05, 3.63) is 0 Å². The summed E-state index contributed by atoms with van der Waals surface area (Å²) in [6.07, 6.45) is 5.93. The predicted octanol–water partition coefficient (Wildman–Crippen LogP) is 1.73. The second-order valence-electron chi connectivity index (χ2n) is 4.48. The van der Waals surface area contributed by atoms with Crippen LogP contribution in [0.1, 0.15) is 51.9 Å². The summed E-state index contributed by atoms with van der Waals surface area (Å²) in [6.45, 7) is 2.13. The van der Waals surface area contributed by atoms with Crippen LogP contribution in [-0.4, -0.2) is 28.7 Å². The van der Waals surface area contributed by atoms with Gasteiger partial charge in [0, 0.05) is 0 Å². The van der Waals surface area contributed by atoms with Gasteiger partial charge in [-0.25, -0.2) is 4.18 Å². The Morgan fingerprint density at radius 3 is 2.22 bits per heavy atom. The average Bonchev–Trinajstić information content (AvgIpc) is 2.18. The Bertz CT molecular complexity index is 405. The van der Waals surface area contributed by atoms with E-state index in [2.05, 4.69) is 14.7 Å². The Morgan fingerprint density at radius 1 is 1.00 bits per heavy atom. The van der Waals surface area contributed by atoms with E-state index in [1.165, 1.54) is 12.8 Å². The Labute approximate surface area is 109 Å². The summed E-state index contributed by atoms with van der Waals surface area (Å²) in [5.74, 6) is -0.388. The zero-order valence-corrected chi connectivity index (χ0v) is 12.1. The van der Waals surface area contributed by atoms with Crippen LogP contribution >= 0.6 is 0 Å². The van der Waals surface area contributed by atoms with Crippen LogP contribution in [0.15, 0.2) is 0 Å². The highest BCUT2D eigenvalue weighted by Crippen LogP contribution is 2.21. The fourth-order valence-corrected chi connectivity index (χ4v) is 4.52. The molecular formula is C10H20O6S2. The number of hydrogen-bond donors (Lipinski definition) is 0. The van der Waals surface area contributed by atoms with Crippen LogP contribution in [-0.2, 0) is 28.3 Å². The summed E-state index contributed by atoms with van der Waals surface area (Å²) in [7, 11) is -8.38. The van der Waals surface area contributed by atoms with Gasteiger partial charge < -0.3 is 0 Å². The first-order chi connectivity index (χ1) is 8.35. The summed E-state index contributed by atoms with van der Waals surface area (Å²) in [5, 5.41) is 0. The van der Waals surface area contributed by atoms with Crippen molar-refractivity contribution < 1.29 is 24.6 Å². The molecule has 1 fully saturated rings. The first-order valence-electron chi connectivity index (χ1n) is 6.21. The summed E-state index contributed by atoms with van der Waals surface area (Å²) >= 11 is 0. The molecule has 1 atom stereocenters. The summed E-state index contributed by atoms with van der Waals surface area (Å²) in [5.41, 5.74) is 0. The van der Waals surface area contributed by atoms with Gasteiger partial charge >= 0.3 is 10.4 Å². The molecule has 0 aromatic rings. The van der Waals surface area contributed by atoms with Crippen LogP contribution in [0.25, 0.3) is 0 Å². The largest absolute Gasteiger partial charge is 0.414 e. The van der Waals surface area contributed by atoms with Gasteiger partial charge in [-0.2, -0.15) is 16.8 Å². The smallest absolute Gasteiger partial charge is 0.243 e. The third-order valence-electron chi connectivity index (χ3n) is 2.71. The second kappa shape index (κ2) is 6.83. The lowest BCUT2D eigenvalue weighted by molar-refractivity contribution is 0.174. The summed E-state index contributed by atoms with van der Waals surface area (Å²) in [4.78, 5) is 0. The Balaban J connectivity index is 2.30. The van der Waals surface area contributed by atoms with Gasteiger partial charge in [-0.1, -0.05) is 45.4 Å². The van der Waals surface area contributed by atoms with Crippen molar-refractivity contribution in [1.29, 1.82) is 0 Å². The molecule has 1 rings (SSSR count). The minimum Gasteiger partial charge on any atom is -0.243 e. The molecule has 0 spiro atoms. The van der Waals surface area contributed by atoms with Crippen LogP contribution < -0.4 is 0 Å². The molecule has 1 aliphatic heterocycles. The maximum absolute atomic E-state index is 11.2. The van der Waals surface area contributed by atoms with Crippen molar-refractivity contribution in [2.45, 2.75) is 58.0 Å². The molecule has 1 aliphatic rings. The first kappa shape index (κ1) is 15.9. The molecule has 0 radical (unpaired) electrons. The Kier molecular flexibility index (Phi) is 6.03. The fraction of sp³-hybridized carbons (Fsp3) is 1.00. The number of rotatable bonds is 7. The third-order valence-corrected chi connectivity index (χ3v) is 5.49. The van der Waals surface area contributed by atoms with E-state index in [0.29, 0.717) is 6.42 Å². The lowest BCUT2D eigenvalue weighted by Gasteiger charge is -2.21. The van der Waals surface area contributed by atoms with E-state index in [4.69, 9.17) is 0 Å². The Morgan fingerprint density at radius 2 is 1.61 bits per heavy atom. The summed E-state index contributed by atoms with van der Waals surface area (Å²) < 4.78 is 52.9. The second-order valence-corrected chi connectivity index (χ2v) is 7.48. The highest BCUT2D eigenvalue weighted by molar-refractivity contribution is 7.98. The maximum atomic E-state index is 11.2. The van der Waals surface area contributed by atoms with Gasteiger partial charge in [0.1, 0.15) is 5.75 Å². The van der Waals surface area contributed by atoms with Crippen LogP contribution in [0.3, 0.4) is 0 Å². The number of hydrogen-bond acceptors (Lipinski definition) is 6. The van der Waals surface area contributed by atoms with E-state index in [-0.39, 0.29) is 5.75 Å². The maximum Gasteiger partial charge on any atom is 0.414 e. The van der Waals surface area contributed by atoms with E-state index < -0.39 is 26.6 Å². The van der Waals surface area contributed by atoms with Gasteiger partial charge in [-0.05, 0) is 6.42 Å². The zero-order chi connectivity index (χ0) is 13.6. The van der Waals surface area contributed by atoms with Crippen LogP contribution in [0.4, 0.5) is 0 Å². The predicted molar refractivity (Wildman–Crippen MR) is 66.7 cm³/mol. The van der Waals surface area contributed by atoms with Gasteiger partial charge in [-0.15, -0.1) is 3.63 Å². The molecule has 6 nitrogen and oxygen atoms in total. The molecule has 0 amide bonds. The van der Waals surface area contributed by atoms with E-state index in [1.807, 2.05) is 0 Å². The lowest BCUT2D eigenvalue weighted by Crippen LogP contribution is -2.36. The zero-order valence-electron chi connectivity index (χ0n) is 10.5. The normalized spacial score (nSPS) is 25.9. The average molecular weight is 300 g/mol. The monoisotopic (exact) mass is 300 g/mol. The molecule has 0 bridgehead atoms. The molecule has 8 heteroatoms. The minimum absolute atomic E-state index is 0.388. The third kappa shape index (κ3) is 6.12. The molecular weight excluding hydrogens is 280 g/mol. The molecule has 0 N–H and O–H groups in total. The SMILES string of the molecule is CCCCCCCCC1CS(=O)(=O)OS(=O)(=O)O1. The molecule has 0 aromatic heterocycles. The molecule has 0 saturated carbocycles. The van der Waals surface area contributed by atoms with Crippen molar-refractivity contribution in [1.82, 2.24) is 0 Å². The molecule has 1 heterocycles. The van der Waals surface area contributed by atoms with Crippen molar-refractivity contribution in [2.75, 3.05) is 5.75 Å². The molecule has 108 valence electrons. The van der Waals surface area contributed by atoms with E-state index in [0.717, 1.165) is 25.7 Å². The Hall–Kier alpha value is -0.180. The van der Waals surface area contributed by atoms with Crippen molar-refractivity contribution in [2.24, 2.45) is 0 Å². The quantitative estimate of drug-likeness (QED) is 0.665. The van der Waals surface area contributed by atoms with Gasteiger partial charge in [0.2, 0.25) is 0 Å². The molecule has 0 aromatic carbocycles. The van der Waals surface area contributed by atoms with Gasteiger partial charge in [0.15, 0.2) is 0 Å². The molecule has 0 aliphatic carbocycles. The van der Waals surface area contributed by atoms with Crippen LogP contribution in [0, 0.1) is 0 Å². The lowest BCUT2D eigenvalue weighted by atomic mass is 10.1.